The zero-order chi connectivity index (χ0) is 10.4. The highest BCUT2D eigenvalue weighted by Gasteiger charge is 1.97. The van der Waals surface area contributed by atoms with Crippen LogP contribution in [0.3, 0.4) is 0 Å². The van der Waals surface area contributed by atoms with Crippen LogP contribution >= 0.6 is 27.5 Å². The van der Waals surface area contributed by atoms with Gasteiger partial charge in [-0.3, -0.25) is 0 Å². The van der Waals surface area contributed by atoms with E-state index >= 15 is 0 Å². The molecule has 0 amide bonds. The first kappa shape index (κ1) is 11.6. The first-order chi connectivity index (χ1) is 6.74. The maximum absolute atomic E-state index is 5.53. The topological polar surface area (TPSA) is 9.23 Å². The largest absolute Gasteiger partial charge is 0.489 e. The van der Waals surface area contributed by atoms with Gasteiger partial charge < -0.3 is 4.74 Å². The van der Waals surface area contributed by atoms with Gasteiger partial charge in [0.25, 0.3) is 0 Å². The van der Waals surface area contributed by atoms with Crippen molar-refractivity contribution in [1.82, 2.24) is 0 Å². The molecule has 0 fully saturated rings. The summed E-state index contributed by atoms with van der Waals surface area (Å²) >= 11 is 8.89. The molecule has 0 aliphatic carbocycles. The Bertz CT molecular complexity index is 323. The summed E-state index contributed by atoms with van der Waals surface area (Å²) in [6, 6.07) is 5.95. The zero-order valence-corrected chi connectivity index (χ0v) is 10.3. The number of hydrogen-bond acceptors (Lipinski definition) is 1. The molecule has 0 N–H and O–H groups in total. The summed E-state index contributed by atoms with van der Waals surface area (Å²) < 4.78 is 6.60. The Morgan fingerprint density at radius 1 is 1.43 bits per heavy atom. The lowest BCUT2D eigenvalue weighted by molar-refractivity contribution is 0.360. The molecular weight excluding hydrogens is 263 g/mol. The number of ether oxygens (including phenoxy) is 1. The Hall–Kier alpha value is -0.470. The molecule has 0 unspecified atom stereocenters. The minimum atomic E-state index is 0.530. The number of halogens is 2. The second-order valence-electron chi connectivity index (χ2n) is 2.85. The normalized spacial score (nSPS) is 10.8. The van der Waals surface area contributed by atoms with Crippen molar-refractivity contribution in [3.8, 4) is 5.75 Å². The molecule has 14 heavy (non-hydrogen) atoms. The number of aryl methyl sites for hydroxylation is 1. The molecule has 0 radical (unpaired) electrons. The Morgan fingerprint density at radius 3 is 2.86 bits per heavy atom. The summed E-state index contributed by atoms with van der Waals surface area (Å²) in [7, 11) is 0. The molecule has 0 aliphatic rings. The summed E-state index contributed by atoms with van der Waals surface area (Å²) in [5.41, 5.74) is 1.12. The monoisotopic (exact) mass is 274 g/mol. The molecule has 0 saturated carbocycles. The van der Waals surface area contributed by atoms with E-state index < -0.39 is 0 Å². The van der Waals surface area contributed by atoms with Gasteiger partial charge >= 0.3 is 0 Å². The number of alkyl halides is 1. The molecule has 76 valence electrons. The van der Waals surface area contributed by atoms with Crippen LogP contribution in [0, 0.1) is 6.92 Å². The van der Waals surface area contributed by atoms with Crippen LogP contribution in [0.25, 0.3) is 0 Å². The fourth-order valence-electron chi connectivity index (χ4n) is 1.04. The van der Waals surface area contributed by atoms with Gasteiger partial charge in [0.05, 0.1) is 0 Å². The van der Waals surface area contributed by atoms with Crippen molar-refractivity contribution < 1.29 is 4.74 Å². The molecule has 0 spiro atoms. The molecule has 1 aromatic rings. The lowest BCUT2D eigenvalue weighted by Gasteiger charge is -2.06. The molecule has 0 heterocycles. The van der Waals surface area contributed by atoms with E-state index in [2.05, 4.69) is 15.9 Å². The average Bonchev–Trinajstić information content (AvgIpc) is 2.15. The molecule has 0 bridgehead atoms. The number of benzene rings is 1. The summed E-state index contributed by atoms with van der Waals surface area (Å²) in [6.45, 7) is 2.58. The quantitative estimate of drug-likeness (QED) is 0.597. The molecule has 1 nitrogen and oxygen atoms in total. The lowest BCUT2D eigenvalue weighted by atomic mass is 10.2. The highest BCUT2D eigenvalue weighted by Crippen LogP contribution is 2.21. The Labute approximate surface area is 97.9 Å². The summed E-state index contributed by atoms with van der Waals surface area (Å²) in [4.78, 5) is 0. The van der Waals surface area contributed by atoms with E-state index in [-0.39, 0.29) is 0 Å². The van der Waals surface area contributed by atoms with E-state index in [0.717, 1.165) is 15.8 Å². The molecule has 1 aromatic carbocycles. The predicted molar refractivity (Wildman–Crippen MR) is 64.2 cm³/mol. The van der Waals surface area contributed by atoms with Gasteiger partial charge in [0, 0.05) is 10.4 Å². The Kier molecular flexibility index (Phi) is 5.05. The first-order valence-electron chi connectivity index (χ1n) is 4.34. The average molecular weight is 276 g/mol. The van der Waals surface area contributed by atoms with Crippen LogP contribution in [0.15, 0.2) is 34.8 Å². The van der Waals surface area contributed by atoms with Crippen molar-refractivity contribution in [2.45, 2.75) is 6.92 Å². The highest BCUT2D eigenvalue weighted by atomic mass is 79.9. The minimum Gasteiger partial charge on any atom is -0.489 e. The van der Waals surface area contributed by atoms with E-state index in [0.29, 0.717) is 12.5 Å². The zero-order valence-electron chi connectivity index (χ0n) is 7.97. The molecule has 3 heteroatoms. The third kappa shape index (κ3) is 3.72. The predicted octanol–water partition coefficient (Wildman–Crippen LogP) is 3.93. The second kappa shape index (κ2) is 6.10. The van der Waals surface area contributed by atoms with Crippen molar-refractivity contribution >= 4 is 27.5 Å². The SMILES string of the molecule is Cc1cc(Br)ccc1OCC=CCCl. The third-order valence-electron chi connectivity index (χ3n) is 1.73. The fourth-order valence-corrected chi connectivity index (χ4v) is 1.65. The van der Waals surface area contributed by atoms with Gasteiger partial charge in [-0.15, -0.1) is 11.6 Å². The van der Waals surface area contributed by atoms with Crippen LogP contribution in [-0.2, 0) is 0 Å². The van der Waals surface area contributed by atoms with Gasteiger partial charge in [0.2, 0.25) is 0 Å². The molecule has 0 aromatic heterocycles. The smallest absolute Gasteiger partial charge is 0.122 e. The summed E-state index contributed by atoms with van der Waals surface area (Å²) in [5.74, 6) is 1.44. The molecule has 1 rings (SSSR count). The van der Waals surface area contributed by atoms with Crippen molar-refractivity contribution in [2.75, 3.05) is 12.5 Å². The molecular formula is C11H12BrClO. The minimum absolute atomic E-state index is 0.530. The van der Waals surface area contributed by atoms with Gasteiger partial charge in [-0.25, -0.2) is 0 Å². The lowest BCUT2D eigenvalue weighted by Crippen LogP contribution is -1.95. The summed E-state index contributed by atoms with van der Waals surface area (Å²) in [6.07, 6.45) is 3.78. The van der Waals surface area contributed by atoms with E-state index in [1.807, 2.05) is 37.3 Å². The maximum Gasteiger partial charge on any atom is 0.122 e. The van der Waals surface area contributed by atoms with E-state index in [1.165, 1.54) is 0 Å². The Balaban J connectivity index is 2.55. The van der Waals surface area contributed by atoms with E-state index in [4.69, 9.17) is 16.3 Å². The van der Waals surface area contributed by atoms with Crippen LogP contribution in [0.2, 0.25) is 0 Å². The maximum atomic E-state index is 5.53. The van der Waals surface area contributed by atoms with Crippen molar-refractivity contribution in [3.05, 3.63) is 40.4 Å². The van der Waals surface area contributed by atoms with Crippen molar-refractivity contribution in [1.29, 1.82) is 0 Å². The molecule has 0 atom stereocenters. The van der Waals surface area contributed by atoms with Crippen LogP contribution in [0.1, 0.15) is 5.56 Å². The van der Waals surface area contributed by atoms with Crippen LogP contribution in [0.4, 0.5) is 0 Å². The number of hydrogen-bond donors (Lipinski definition) is 0. The van der Waals surface area contributed by atoms with Crippen LogP contribution in [-0.4, -0.2) is 12.5 Å². The van der Waals surface area contributed by atoms with Gasteiger partial charge in [0.15, 0.2) is 0 Å². The second-order valence-corrected chi connectivity index (χ2v) is 4.07. The van der Waals surface area contributed by atoms with Gasteiger partial charge in [-0.05, 0) is 30.7 Å². The molecule has 0 saturated heterocycles. The van der Waals surface area contributed by atoms with Crippen molar-refractivity contribution in [3.63, 3.8) is 0 Å². The van der Waals surface area contributed by atoms with Crippen LogP contribution in [0.5, 0.6) is 5.75 Å². The van der Waals surface area contributed by atoms with Gasteiger partial charge in [-0.1, -0.05) is 28.1 Å². The van der Waals surface area contributed by atoms with E-state index in [9.17, 15) is 0 Å². The summed E-state index contributed by atoms with van der Waals surface area (Å²) in [5, 5.41) is 0. The first-order valence-corrected chi connectivity index (χ1v) is 5.66. The number of allylic oxidation sites excluding steroid dienone is 1. The van der Waals surface area contributed by atoms with Gasteiger partial charge in [0.1, 0.15) is 12.4 Å². The fraction of sp³-hybridized carbons (Fsp3) is 0.273. The van der Waals surface area contributed by atoms with Gasteiger partial charge in [-0.2, -0.15) is 0 Å². The van der Waals surface area contributed by atoms with Crippen LogP contribution < -0.4 is 4.74 Å². The molecule has 0 aliphatic heterocycles. The number of rotatable bonds is 4. The van der Waals surface area contributed by atoms with E-state index in [1.54, 1.807) is 0 Å². The third-order valence-corrected chi connectivity index (χ3v) is 2.40. The Morgan fingerprint density at radius 2 is 2.21 bits per heavy atom. The van der Waals surface area contributed by atoms with Crippen molar-refractivity contribution in [2.24, 2.45) is 0 Å². The highest BCUT2D eigenvalue weighted by molar-refractivity contribution is 9.10. The standard InChI is InChI=1S/C11H12BrClO/c1-9-8-10(12)4-5-11(9)14-7-3-2-6-13/h2-5,8H,6-7H2,1H3.